The summed E-state index contributed by atoms with van der Waals surface area (Å²) in [4.78, 5) is 36.9. The van der Waals surface area contributed by atoms with Crippen LogP contribution in [0, 0.1) is 15.5 Å². The molecule has 0 bridgehead atoms. The van der Waals surface area contributed by atoms with Crippen molar-refractivity contribution < 1.29 is 27.6 Å². The summed E-state index contributed by atoms with van der Waals surface area (Å²) in [5.41, 5.74) is 5.71. The molecule has 0 radical (unpaired) electrons. The highest BCUT2D eigenvalue weighted by molar-refractivity contribution is 7.90. The number of allylic oxidation sites excluding steroid dienone is 1. The van der Waals surface area contributed by atoms with Crippen molar-refractivity contribution in [1.82, 2.24) is 19.6 Å². The molecule has 1 aliphatic carbocycles. The van der Waals surface area contributed by atoms with Crippen molar-refractivity contribution in [3.63, 3.8) is 0 Å². The van der Waals surface area contributed by atoms with E-state index in [0.29, 0.717) is 29.8 Å². The number of aromatic amines is 1. The molecule has 15 heteroatoms. The van der Waals surface area contributed by atoms with Crippen LogP contribution in [-0.2, 0) is 16.4 Å². The van der Waals surface area contributed by atoms with E-state index in [1.807, 2.05) is 18.2 Å². The lowest BCUT2D eigenvalue weighted by Crippen LogP contribution is -2.47. The Balaban J connectivity index is 1.04. The maximum absolute atomic E-state index is 13.9. The number of benzene rings is 3. The molecular formula is C43H45ClN6O7S. The number of nitro groups is 1. The van der Waals surface area contributed by atoms with Crippen molar-refractivity contribution >= 4 is 55.5 Å². The molecule has 0 saturated carbocycles. The quantitative estimate of drug-likeness (QED) is 0.103. The van der Waals surface area contributed by atoms with Crippen molar-refractivity contribution in [3.8, 4) is 17.2 Å². The third-order valence-electron chi connectivity index (χ3n) is 11.4. The molecule has 2 N–H and O–H groups in total. The molecule has 0 unspecified atom stereocenters. The highest BCUT2D eigenvalue weighted by Crippen LogP contribution is 2.44. The molecule has 302 valence electrons. The zero-order chi connectivity index (χ0) is 40.8. The number of sulfonamides is 1. The van der Waals surface area contributed by atoms with Gasteiger partial charge in [0.25, 0.3) is 21.6 Å². The van der Waals surface area contributed by atoms with Gasteiger partial charge in [-0.25, -0.2) is 18.1 Å². The normalized spacial score (nSPS) is 18.4. The number of carbonyl (C=O) groups excluding carboxylic acids is 1. The first-order valence-electron chi connectivity index (χ1n) is 19.5. The van der Waals surface area contributed by atoms with Crippen molar-refractivity contribution in [3.05, 3.63) is 117 Å². The van der Waals surface area contributed by atoms with Crippen LogP contribution in [-0.4, -0.2) is 72.9 Å². The second-order valence-corrected chi connectivity index (χ2v) is 18.3. The van der Waals surface area contributed by atoms with Crippen LogP contribution in [0.3, 0.4) is 0 Å². The largest absolute Gasteiger partial charge is 0.490 e. The SMILES string of the molecule is C[C@@H]1CCc2c(cc(S(=O)(=O)NC(=O)c3ccc(N4CCN(CC5=C(c6ccc(Cl)cc6)CC(C)(C)CC5)CC4)cc3Oc3cnc4[nH]ccc4c3)cc2[N+](=O)[O-])O1. The maximum atomic E-state index is 13.9. The Morgan fingerprint density at radius 3 is 2.60 bits per heavy atom. The summed E-state index contributed by atoms with van der Waals surface area (Å²) >= 11 is 6.23. The van der Waals surface area contributed by atoms with Gasteiger partial charge in [-0.1, -0.05) is 43.2 Å². The summed E-state index contributed by atoms with van der Waals surface area (Å²) in [6.45, 7) is 10.4. The standard InChI is InChI=1S/C43H45ClN6O7S/c1-27-4-10-35-38(50(52)53)22-34(23-40(35)56-27)58(54,55)47-42(51)36-11-9-32(21-39(36)57-33-20-29-13-15-45-41(29)46-25-33)49-18-16-48(17-19-49)26-30-12-14-43(2,3)24-37(30)28-5-7-31(44)8-6-28/h5-9,11,13,15,20-23,25,27H,4,10,12,14,16-19,24,26H2,1-3H3,(H,45,46)(H,47,51)/t27-/m1/s1. The number of hydrogen-bond donors (Lipinski definition) is 2. The third-order valence-corrected chi connectivity index (χ3v) is 12.9. The summed E-state index contributed by atoms with van der Waals surface area (Å²) in [7, 11) is -4.59. The average molecular weight is 825 g/mol. The van der Waals surface area contributed by atoms with Crippen molar-refractivity contribution in [2.75, 3.05) is 37.6 Å². The van der Waals surface area contributed by atoms with Gasteiger partial charge >= 0.3 is 0 Å². The molecule has 8 rings (SSSR count). The zero-order valence-corrected chi connectivity index (χ0v) is 34.2. The predicted molar refractivity (Wildman–Crippen MR) is 223 cm³/mol. The molecule has 2 aliphatic heterocycles. The number of halogens is 1. The summed E-state index contributed by atoms with van der Waals surface area (Å²) < 4.78 is 41.6. The average Bonchev–Trinajstić information content (AvgIpc) is 3.66. The fourth-order valence-electron chi connectivity index (χ4n) is 8.12. The fraction of sp³-hybridized carbons (Fsp3) is 0.349. The van der Waals surface area contributed by atoms with Crippen LogP contribution in [0.4, 0.5) is 11.4 Å². The number of ether oxygens (including phenoxy) is 2. The van der Waals surface area contributed by atoms with E-state index in [4.69, 9.17) is 21.1 Å². The lowest BCUT2D eigenvalue weighted by molar-refractivity contribution is -0.386. The van der Waals surface area contributed by atoms with E-state index >= 15 is 0 Å². The fourth-order valence-corrected chi connectivity index (χ4v) is 9.25. The van der Waals surface area contributed by atoms with Gasteiger partial charge in [0.1, 0.15) is 22.9 Å². The molecule has 2 aromatic heterocycles. The molecule has 5 aromatic rings. The van der Waals surface area contributed by atoms with Crippen LogP contribution in [0.2, 0.25) is 5.02 Å². The molecule has 0 spiro atoms. The molecule has 4 heterocycles. The van der Waals surface area contributed by atoms with Crippen molar-refractivity contribution in [2.45, 2.75) is 63.9 Å². The Bertz CT molecular complexity index is 2550. The Morgan fingerprint density at radius 2 is 1.84 bits per heavy atom. The Morgan fingerprint density at radius 1 is 1.07 bits per heavy atom. The molecular weight excluding hydrogens is 780 g/mol. The van der Waals surface area contributed by atoms with Crippen LogP contribution in [0.25, 0.3) is 16.6 Å². The van der Waals surface area contributed by atoms with Gasteiger partial charge in [-0.3, -0.25) is 19.8 Å². The minimum atomic E-state index is -4.59. The molecule has 1 fully saturated rings. The topological polar surface area (TPSA) is 160 Å². The first-order valence-corrected chi connectivity index (χ1v) is 21.3. The number of pyridine rings is 1. The second kappa shape index (κ2) is 15.7. The number of anilines is 1. The van der Waals surface area contributed by atoms with Crippen LogP contribution in [0.5, 0.6) is 17.2 Å². The summed E-state index contributed by atoms with van der Waals surface area (Å²) in [6, 6.07) is 19.0. The molecule has 58 heavy (non-hydrogen) atoms. The van der Waals surface area contributed by atoms with Crippen LogP contribution < -0.4 is 19.1 Å². The van der Waals surface area contributed by atoms with Crippen molar-refractivity contribution in [1.29, 1.82) is 0 Å². The number of aromatic nitrogens is 2. The van der Waals surface area contributed by atoms with E-state index < -0.39 is 25.7 Å². The van der Waals surface area contributed by atoms with Crippen LogP contribution >= 0.6 is 11.6 Å². The number of hydrogen-bond acceptors (Lipinski definition) is 10. The number of H-pyrrole nitrogens is 1. The number of amides is 1. The first kappa shape index (κ1) is 39.4. The van der Waals surface area contributed by atoms with Gasteiger partial charge in [0.2, 0.25) is 0 Å². The monoisotopic (exact) mass is 824 g/mol. The summed E-state index contributed by atoms with van der Waals surface area (Å²) in [5.74, 6) is -0.371. The van der Waals surface area contributed by atoms with Crippen LogP contribution in [0.1, 0.15) is 67.9 Å². The van der Waals surface area contributed by atoms with Gasteiger partial charge in [0.05, 0.1) is 33.2 Å². The summed E-state index contributed by atoms with van der Waals surface area (Å²) in [5, 5.41) is 13.5. The number of nitrogens with one attached hydrogen (secondary N) is 2. The lowest BCUT2D eigenvalue weighted by atomic mass is 9.72. The van der Waals surface area contributed by atoms with E-state index in [2.05, 4.69) is 50.5 Å². The maximum Gasteiger partial charge on any atom is 0.277 e. The minimum absolute atomic E-state index is 0.0423. The number of rotatable bonds is 10. The number of piperazine rings is 1. The molecule has 1 amide bonds. The van der Waals surface area contributed by atoms with Crippen LogP contribution in [0.15, 0.2) is 89.6 Å². The lowest BCUT2D eigenvalue weighted by Gasteiger charge is -2.39. The predicted octanol–water partition coefficient (Wildman–Crippen LogP) is 8.53. The molecule has 1 saturated heterocycles. The van der Waals surface area contributed by atoms with Gasteiger partial charge < -0.3 is 19.4 Å². The number of fused-ring (bicyclic) bond motifs is 2. The van der Waals surface area contributed by atoms with E-state index in [0.717, 1.165) is 74.1 Å². The first-order chi connectivity index (χ1) is 27.7. The Kier molecular flexibility index (Phi) is 10.7. The van der Waals surface area contributed by atoms with Gasteiger partial charge in [-0.2, -0.15) is 0 Å². The smallest absolute Gasteiger partial charge is 0.277 e. The molecule has 1 atom stereocenters. The highest BCUT2D eigenvalue weighted by atomic mass is 35.5. The van der Waals surface area contributed by atoms with Gasteiger partial charge in [0, 0.05) is 73.2 Å². The molecule has 13 nitrogen and oxygen atoms in total. The van der Waals surface area contributed by atoms with Gasteiger partial charge in [-0.05, 0) is 92.0 Å². The second-order valence-electron chi connectivity index (χ2n) is 16.1. The van der Waals surface area contributed by atoms with E-state index in [9.17, 15) is 23.3 Å². The van der Waals surface area contributed by atoms with Gasteiger partial charge in [-0.15, -0.1) is 0 Å². The third kappa shape index (κ3) is 8.40. The number of nitro benzene ring substituents is 1. The van der Waals surface area contributed by atoms with Crippen molar-refractivity contribution in [2.24, 2.45) is 5.41 Å². The Labute approximate surface area is 342 Å². The van der Waals surface area contributed by atoms with Gasteiger partial charge in [0.15, 0.2) is 0 Å². The minimum Gasteiger partial charge on any atom is -0.490 e. The Hall–Kier alpha value is -5.44. The molecule has 3 aromatic carbocycles. The van der Waals surface area contributed by atoms with E-state index in [1.54, 1.807) is 31.3 Å². The highest BCUT2D eigenvalue weighted by Gasteiger charge is 2.32. The molecule has 3 aliphatic rings. The van der Waals surface area contributed by atoms with E-state index in [-0.39, 0.29) is 34.3 Å². The number of nitrogens with zero attached hydrogens (tertiary/aromatic N) is 4. The van der Waals surface area contributed by atoms with E-state index in [1.165, 1.54) is 35.0 Å². The summed E-state index contributed by atoms with van der Waals surface area (Å²) in [6.07, 6.45) is 7.15. The zero-order valence-electron chi connectivity index (χ0n) is 32.6. The number of carbonyl (C=O) groups is 1.